The first-order valence-electron chi connectivity index (χ1n) is 11.1. The van der Waals surface area contributed by atoms with Crippen molar-refractivity contribution in [2.45, 2.75) is 0 Å². The van der Waals surface area contributed by atoms with Crippen LogP contribution < -0.4 is 26.9 Å². The molecule has 4 aromatic rings. The van der Waals surface area contributed by atoms with Gasteiger partial charge in [0.05, 0.1) is 11.4 Å². The number of benzene rings is 6. The van der Waals surface area contributed by atoms with E-state index in [4.69, 9.17) is 0 Å². The minimum Gasteiger partial charge on any atom is -0.301 e. The van der Waals surface area contributed by atoms with E-state index in [9.17, 15) is 9.59 Å². The van der Waals surface area contributed by atoms with Crippen molar-refractivity contribution in [3.8, 4) is 11.1 Å². The molecule has 4 nitrogen and oxygen atoms in total. The van der Waals surface area contributed by atoms with Gasteiger partial charge in [0.25, 0.3) is 0 Å². The van der Waals surface area contributed by atoms with E-state index in [2.05, 4.69) is 10.9 Å². The predicted molar refractivity (Wildman–Crippen MR) is 139 cm³/mol. The molecule has 0 aromatic heterocycles. The SMILES string of the molecule is O=c1/c(=C(\NNc2ccccc2)c2ccccc2)cc2c3ccccc3c(=O)c3cccc1c3-2. The Labute approximate surface area is 195 Å². The first-order chi connectivity index (χ1) is 16.7. The highest BCUT2D eigenvalue weighted by atomic mass is 16.1. The second-order valence-corrected chi connectivity index (χ2v) is 8.26. The molecular formula is C30H20N2O2. The largest absolute Gasteiger partial charge is 0.301 e. The minimum atomic E-state index is -0.117. The lowest BCUT2D eigenvalue weighted by atomic mass is 9.87. The number of hydrogen-bond donors (Lipinski definition) is 2. The lowest BCUT2D eigenvalue weighted by molar-refractivity contribution is 1.07. The maximum Gasteiger partial charge on any atom is 0.195 e. The molecule has 0 radical (unpaired) electrons. The quantitative estimate of drug-likeness (QED) is 0.236. The Balaban J connectivity index is 1.74. The summed E-state index contributed by atoms with van der Waals surface area (Å²) < 4.78 is 0. The molecule has 2 aliphatic rings. The van der Waals surface area contributed by atoms with Crippen LogP contribution in [0.3, 0.4) is 0 Å². The van der Waals surface area contributed by atoms with Crippen molar-refractivity contribution in [3.63, 3.8) is 0 Å². The molecule has 0 saturated heterocycles. The van der Waals surface area contributed by atoms with E-state index < -0.39 is 0 Å². The molecule has 4 heteroatoms. The summed E-state index contributed by atoms with van der Waals surface area (Å²) in [7, 11) is 0. The second kappa shape index (κ2) is 8.01. The van der Waals surface area contributed by atoms with Gasteiger partial charge in [-0.2, -0.15) is 0 Å². The highest BCUT2D eigenvalue weighted by Gasteiger charge is 2.20. The normalized spacial score (nSPS) is 12.2. The van der Waals surface area contributed by atoms with Crippen LogP contribution in [-0.2, 0) is 0 Å². The molecule has 0 aliphatic heterocycles. The Morgan fingerprint density at radius 2 is 1.15 bits per heavy atom. The van der Waals surface area contributed by atoms with E-state index in [1.165, 1.54) is 0 Å². The summed E-state index contributed by atoms with van der Waals surface area (Å²) in [5.41, 5.74) is 10.4. The molecule has 34 heavy (non-hydrogen) atoms. The van der Waals surface area contributed by atoms with Crippen molar-refractivity contribution >= 4 is 32.9 Å². The maximum absolute atomic E-state index is 13.8. The summed E-state index contributed by atoms with van der Waals surface area (Å²) in [5, 5.41) is 3.16. The van der Waals surface area contributed by atoms with E-state index >= 15 is 0 Å². The summed E-state index contributed by atoms with van der Waals surface area (Å²) in [4.78, 5) is 27.0. The maximum atomic E-state index is 13.8. The van der Waals surface area contributed by atoms with Crippen LogP contribution in [0.25, 0.3) is 38.4 Å². The van der Waals surface area contributed by atoms with Gasteiger partial charge >= 0.3 is 0 Å². The van der Waals surface area contributed by atoms with Gasteiger partial charge in [-0.15, -0.1) is 0 Å². The van der Waals surface area contributed by atoms with E-state index in [0.29, 0.717) is 27.1 Å². The van der Waals surface area contributed by atoms with Crippen LogP contribution in [-0.4, -0.2) is 0 Å². The number of fused-ring (bicyclic) bond motifs is 2. The van der Waals surface area contributed by atoms with Crippen LogP contribution in [0.4, 0.5) is 5.69 Å². The summed E-state index contributed by atoms with van der Waals surface area (Å²) >= 11 is 0. The Morgan fingerprint density at radius 1 is 0.559 bits per heavy atom. The van der Waals surface area contributed by atoms with Gasteiger partial charge < -0.3 is 5.43 Å². The van der Waals surface area contributed by atoms with Gasteiger partial charge in [0.15, 0.2) is 10.9 Å². The molecule has 0 amide bonds. The molecule has 0 bridgehead atoms. The van der Waals surface area contributed by atoms with Gasteiger partial charge in [0, 0.05) is 32.5 Å². The molecule has 0 saturated carbocycles. The zero-order chi connectivity index (χ0) is 23.1. The van der Waals surface area contributed by atoms with Crippen LogP contribution in [0.1, 0.15) is 5.56 Å². The number of nitrogens with one attached hydrogen (secondary N) is 2. The highest BCUT2D eigenvalue weighted by Crippen LogP contribution is 2.34. The van der Waals surface area contributed by atoms with Crippen molar-refractivity contribution in [3.05, 3.63) is 140 Å². The predicted octanol–water partition coefficient (Wildman–Crippen LogP) is 4.75. The highest BCUT2D eigenvalue weighted by molar-refractivity contribution is 6.11. The molecule has 0 atom stereocenters. The standard InChI is InChI=1S/C30H20N2O2/c33-29-22-15-8-7-14-21(22)25-18-26(30(34)24-17-9-16-23(29)27(24)25)28(19-10-3-1-4-11-19)32-31-20-12-5-2-6-13-20/h1-18,31-32H/b28-26-. The lowest BCUT2D eigenvalue weighted by Crippen LogP contribution is -2.35. The fraction of sp³-hybridized carbons (Fsp3) is 0. The third-order valence-corrected chi connectivity index (χ3v) is 6.26. The van der Waals surface area contributed by atoms with E-state index in [0.717, 1.165) is 27.8 Å². The van der Waals surface area contributed by atoms with Gasteiger partial charge in [-0.05, 0) is 29.1 Å². The fourth-order valence-corrected chi connectivity index (χ4v) is 4.66. The number of anilines is 1. The Bertz CT molecular complexity index is 1780. The first-order valence-corrected chi connectivity index (χ1v) is 11.1. The van der Waals surface area contributed by atoms with Gasteiger partial charge in [-0.3, -0.25) is 15.0 Å². The number of rotatable bonds is 4. The zero-order valence-electron chi connectivity index (χ0n) is 18.2. The monoisotopic (exact) mass is 440 g/mol. The Morgan fingerprint density at radius 3 is 1.88 bits per heavy atom. The zero-order valence-corrected chi connectivity index (χ0v) is 18.2. The molecule has 0 fully saturated rings. The summed E-state index contributed by atoms with van der Waals surface area (Å²) in [6.07, 6.45) is 0. The van der Waals surface area contributed by atoms with Crippen LogP contribution in [0, 0.1) is 0 Å². The molecule has 2 aliphatic carbocycles. The summed E-state index contributed by atoms with van der Waals surface area (Å²) in [5.74, 6) is 0. The molecule has 4 aromatic carbocycles. The van der Waals surface area contributed by atoms with Crippen LogP contribution in [0.2, 0.25) is 0 Å². The molecule has 162 valence electrons. The number of hydrogen-bond acceptors (Lipinski definition) is 4. The minimum absolute atomic E-state index is 0.0445. The first kappa shape index (κ1) is 19.9. The molecule has 6 rings (SSSR count). The number of para-hydroxylation sites is 1. The third kappa shape index (κ3) is 3.16. The van der Waals surface area contributed by atoms with Gasteiger partial charge in [0.1, 0.15) is 0 Å². The van der Waals surface area contributed by atoms with Gasteiger partial charge in [0.2, 0.25) is 0 Å². The molecule has 0 unspecified atom stereocenters. The molecule has 0 heterocycles. The summed E-state index contributed by atoms with van der Waals surface area (Å²) in [6, 6.07) is 34.4. The average molecular weight is 441 g/mol. The third-order valence-electron chi connectivity index (χ3n) is 6.26. The van der Waals surface area contributed by atoms with Crippen molar-refractivity contribution in [2.75, 3.05) is 5.43 Å². The fourth-order valence-electron chi connectivity index (χ4n) is 4.66. The Kier molecular flexibility index (Phi) is 4.70. The molecular weight excluding hydrogens is 420 g/mol. The van der Waals surface area contributed by atoms with E-state index in [1.54, 1.807) is 12.1 Å². The van der Waals surface area contributed by atoms with Crippen LogP contribution >= 0.6 is 0 Å². The van der Waals surface area contributed by atoms with Crippen molar-refractivity contribution in [1.29, 1.82) is 0 Å². The van der Waals surface area contributed by atoms with E-state index in [-0.39, 0.29) is 10.9 Å². The summed E-state index contributed by atoms with van der Waals surface area (Å²) in [6.45, 7) is 0. The van der Waals surface area contributed by atoms with Gasteiger partial charge in [-0.25, -0.2) is 0 Å². The smallest absolute Gasteiger partial charge is 0.195 e. The average Bonchev–Trinajstić information content (AvgIpc) is 2.90. The topological polar surface area (TPSA) is 58.2 Å². The number of hydrazine groups is 1. The van der Waals surface area contributed by atoms with E-state index in [1.807, 2.05) is 97.1 Å². The molecule has 0 spiro atoms. The Hall–Kier alpha value is -4.70. The van der Waals surface area contributed by atoms with Crippen molar-refractivity contribution in [1.82, 2.24) is 5.43 Å². The van der Waals surface area contributed by atoms with Gasteiger partial charge in [-0.1, -0.05) is 91.0 Å². The lowest BCUT2D eigenvalue weighted by Gasteiger charge is -2.17. The van der Waals surface area contributed by atoms with Crippen molar-refractivity contribution < 1.29 is 0 Å². The second-order valence-electron chi connectivity index (χ2n) is 8.26. The van der Waals surface area contributed by atoms with Crippen LogP contribution in [0.15, 0.2) is 119 Å². The van der Waals surface area contributed by atoms with Crippen LogP contribution in [0.5, 0.6) is 0 Å². The molecule has 2 N–H and O–H groups in total. The van der Waals surface area contributed by atoms with Crippen molar-refractivity contribution in [2.24, 2.45) is 0 Å².